The van der Waals surface area contributed by atoms with Crippen molar-refractivity contribution in [1.29, 1.82) is 0 Å². The fourth-order valence-electron chi connectivity index (χ4n) is 4.75. The lowest BCUT2D eigenvalue weighted by molar-refractivity contribution is -0.133. The van der Waals surface area contributed by atoms with E-state index >= 15 is 0 Å². The molecule has 6 nitrogen and oxygen atoms in total. The van der Waals surface area contributed by atoms with Gasteiger partial charge in [-0.05, 0) is 41.8 Å². The summed E-state index contributed by atoms with van der Waals surface area (Å²) in [4.78, 5) is 27.1. The van der Waals surface area contributed by atoms with Gasteiger partial charge in [0.05, 0.1) is 6.54 Å². The van der Waals surface area contributed by atoms with Crippen LogP contribution in [-0.2, 0) is 16.8 Å². The lowest BCUT2D eigenvalue weighted by Gasteiger charge is -2.33. The number of aliphatic hydroxyl groups is 1. The molecule has 2 N–H and O–H groups in total. The predicted molar refractivity (Wildman–Crippen MR) is 117 cm³/mol. The number of ether oxygens (including phenoxy) is 1. The lowest BCUT2D eigenvalue weighted by atomic mass is 9.76. The van der Waals surface area contributed by atoms with E-state index in [0.717, 1.165) is 39.6 Å². The highest BCUT2D eigenvalue weighted by molar-refractivity contribution is 6.07. The highest BCUT2D eigenvalue weighted by atomic mass is 16.5. The van der Waals surface area contributed by atoms with Crippen molar-refractivity contribution in [2.24, 2.45) is 0 Å². The molecule has 0 bridgehead atoms. The van der Waals surface area contributed by atoms with Gasteiger partial charge in [-0.1, -0.05) is 60.7 Å². The Kier molecular flexibility index (Phi) is 4.87. The topological polar surface area (TPSA) is 78.9 Å². The van der Waals surface area contributed by atoms with Crippen LogP contribution in [0.1, 0.15) is 24.0 Å². The minimum Gasteiger partial charge on any atom is -0.490 e. The molecule has 1 aliphatic heterocycles. The largest absolute Gasteiger partial charge is 0.490 e. The van der Waals surface area contributed by atoms with Gasteiger partial charge in [0.2, 0.25) is 0 Å². The van der Waals surface area contributed by atoms with E-state index in [1.807, 2.05) is 66.7 Å². The first-order chi connectivity index (χ1) is 15.1. The van der Waals surface area contributed by atoms with Crippen molar-refractivity contribution in [3.63, 3.8) is 0 Å². The van der Waals surface area contributed by atoms with Crippen LogP contribution in [0.15, 0.2) is 66.7 Å². The molecule has 0 radical (unpaired) electrons. The van der Waals surface area contributed by atoms with Crippen molar-refractivity contribution < 1.29 is 19.4 Å². The van der Waals surface area contributed by atoms with Crippen molar-refractivity contribution >= 4 is 22.7 Å². The fraction of sp³-hybridized carbons (Fsp3) is 0.280. The molecule has 6 heteroatoms. The number of β-amino-alcohol motifs (C(OH)–C–C–N with tert-alkyl or cyclic N) is 1. The average molecular weight is 416 g/mol. The third-order valence-corrected chi connectivity index (χ3v) is 6.22. The van der Waals surface area contributed by atoms with Gasteiger partial charge >= 0.3 is 6.03 Å². The molecule has 31 heavy (non-hydrogen) atoms. The maximum absolute atomic E-state index is 13.3. The standard InChI is InChI=1S/C25H24N2O4/c28-19(16-31-22-13-5-9-17-7-1-3-11-20(17)22)15-27-23(29)25(26-24(27)30)14-6-10-18-8-2-4-12-21(18)25/h1-5,7-9,11-13,19,28H,6,10,14-16H2,(H,26,30)/t19-,25+/m1/s1. The first kappa shape index (κ1) is 19.6. The highest BCUT2D eigenvalue weighted by Gasteiger charge is 2.54. The van der Waals surface area contributed by atoms with Crippen LogP contribution in [0, 0.1) is 0 Å². The van der Waals surface area contributed by atoms with E-state index in [1.54, 1.807) is 0 Å². The van der Waals surface area contributed by atoms with Crippen molar-refractivity contribution in [1.82, 2.24) is 10.2 Å². The number of hydrogen-bond donors (Lipinski definition) is 2. The highest BCUT2D eigenvalue weighted by Crippen LogP contribution is 2.39. The van der Waals surface area contributed by atoms with Crippen molar-refractivity contribution in [3.05, 3.63) is 77.9 Å². The number of nitrogens with one attached hydrogen (secondary N) is 1. The summed E-state index contributed by atoms with van der Waals surface area (Å²) in [5.74, 6) is 0.362. The van der Waals surface area contributed by atoms with Gasteiger partial charge in [-0.25, -0.2) is 4.79 Å². The molecule has 5 rings (SSSR count). The third kappa shape index (κ3) is 3.33. The summed E-state index contributed by atoms with van der Waals surface area (Å²) >= 11 is 0. The van der Waals surface area contributed by atoms with E-state index in [1.165, 1.54) is 0 Å². The van der Waals surface area contributed by atoms with Crippen LogP contribution in [0.3, 0.4) is 0 Å². The molecule has 158 valence electrons. The maximum atomic E-state index is 13.3. The first-order valence-corrected chi connectivity index (χ1v) is 10.6. The Morgan fingerprint density at radius 3 is 2.71 bits per heavy atom. The van der Waals surface area contributed by atoms with E-state index < -0.39 is 17.7 Å². The van der Waals surface area contributed by atoms with Gasteiger partial charge < -0.3 is 15.2 Å². The van der Waals surface area contributed by atoms with E-state index in [-0.39, 0.29) is 19.1 Å². The molecule has 2 aliphatic rings. The molecule has 1 heterocycles. The van der Waals surface area contributed by atoms with Crippen molar-refractivity contribution in [2.45, 2.75) is 30.9 Å². The first-order valence-electron chi connectivity index (χ1n) is 10.6. The smallest absolute Gasteiger partial charge is 0.325 e. The maximum Gasteiger partial charge on any atom is 0.325 e. The summed E-state index contributed by atoms with van der Waals surface area (Å²) in [5.41, 5.74) is 0.926. The minimum atomic E-state index is -1.03. The summed E-state index contributed by atoms with van der Waals surface area (Å²) in [5, 5.41) is 15.5. The van der Waals surface area contributed by atoms with Crippen molar-refractivity contribution in [2.75, 3.05) is 13.2 Å². The van der Waals surface area contributed by atoms with E-state index in [2.05, 4.69) is 5.32 Å². The zero-order valence-corrected chi connectivity index (χ0v) is 17.1. The Bertz CT molecular complexity index is 1160. The summed E-state index contributed by atoms with van der Waals surface area (Å²) < 4.78 is 5.84. The molecular formula is C25H24N2O4. The van der Waals surface area contributed by atoms with E-state index in [9.17, 15) is 14.7 Å². The number of benzene rings is 3. The molecule has 1 spiro atoms. The van der Waals surface area contributed by atoms with Crippen LogP contribution in [0.4, 0.5) is 4.79 Å². The number of carbonyl (C=O) groups excluding carboxylic acids is 2. The monoisotopic (exact) mass is 416 g/mol. The Morgan fingerprint density at radius 2 is 1.81 bits per heavy atom. The number of fused-ring (bicyclic) bond motifs is 3. The molecule has 0 unspecified atom stereocenters. The van der Waals surface area contributed by atoms with Gasteiger partial charge in [-0.3, -0.25) is 9.69 Å². The van der Waals surface area contributed by atoms with Crippen LogP contribution >= 0.6 is 0 Å². The normalized spacial score (nSPS) is 21.3. The molecular weight excluding hydrogens is 392 g/mol. The van der Waals surface area contributed by atoms with Gasteiger partial charge in [-0.2, -0.15) is 0 Å². The van der Waals surface area contributed by atoms with Crippen LogP contribution in [0.5, 0.6) is 5.75 Å². The molecule has 3 aromatic rings. The lowest BCUT2D eigenvalue weighted by Crippen LogP contribution is -2.47. The van der Waals surface area contributed by atoms with Crippen LogP contribution < -0.4 is 10.1 Å². The predicted octanol–water partition coefficient (Wildman–Crippen LogP) is 3.36. The Labute approximate surface area is 180 Å². The zero-order valence-electron chi connectivity index (χ0n) is 17.1. The Balaban J connectivity index is 1.30. The number of rotatable bonds is 5. The van der Waals surface area contributed by atoms with Gasteiger partial charge in [0.25, 0.3) is 5.91 Å². The number of hydrogen-bond acceptors (Lipinski definition) is 4. The molecule has 0 saturated carbocycles. The molecule has 2 atom stereocenters. The molecule has 3 aromatic carbocycles. The van der Waals surface area contributed by atoms with Crippen LogP contribution in [-0.4, -0.2) is 41.2 Å². The number of urea groups is 1. The second kappa shape index (κ2) is 7.71. The van der Waals surface area contributed by atoms with E-state index in [4.69, 9.17) is 4.74 Å². The number of aliphatic hydroxyl groups excluding tert-OH is 1. The van der Waals surface area contributed by atoms with Crippen LogP contribution in [0.2, 0.25) is 0 Å². The molecule has 1 aliphatic carbocycles. The quantitative estimate of drug-likeness (QED) is 0.625. The van der Waals surface area contributed by atoms with E-state index in [0.29, 0.717) is 12.2 Å². The zero-order chi connectivity index (χ0) is 21.4. The second-order valence-corrected chi connectivity index (χ2v) is 8.20. The van der Waals surface area contributed by atoms with Gasteiger partial charge in [-0.15, -0.1) is 0 Å². The number of imide groups is 1. The number of carbonyl (C=O) groups is 2. The number of nitrogens with zero attached hydrogens (tertiary/aromatic N) is 1. The third-order valence-electron chi connectivity index (χ3n) is 6.22. The fourth-order valence-corrected chi connectivity index (χ4v) is 4.75. The van der Waals surface area contributed by atoms with Gasteiger partial charge in [0, 0.05) is 5.39 Å². The summed E-state index contributed by atoms with van der Waals surface area (Å²) in [6.45, 7) is -0.131. The average Bonchev–Trinajstić information content (AvgIpc) is 3.02. The van der Waals surface area contributed by atoms with Crippen LogP contribution in [0.25, 0.3) is 10.8 Å². The molecule has 1 fully saturated rings. The summed E-state index contributed by atoms with van der Waals surface area (Å²) in [6.07, 6.45) is 1.28. The minimum absolute atomic E-state index is 0.0192. The number of amides is 3. The van der Waals surface area contributed by atoms with Gasteiger partial charge in [0.15, 0.2) is 0 Å². The summed E-state index contributed by atoms with van der Waals surface area (Å²) in [6, 6.07) is 20.9. The van der Waals surface area contributed by atoms with Gasteiger partial charge in [0.1, 0.15) is 24.0 Å². The second-order valence-electron chi connectivity index (χ2n) is 8.20. The van der Waals surface area contributed by atoms with Crippen molar-refractivity contribution in [3.8, 4) is 5.75 Å². The molecule has 0 aromatic heterocycles. The summed E-state index contributed by atoms with van der Waals surface area (Å²) in [7, 11) is 0. The molecule has 3 amide bonds. The molecule has 1 saturated heterocycles. The number of aryl methyl sites for hydroxylation is 1. The Morgan fingerprint density at radius 1 is 1.03 bits per heavy atom. The Hall–Kier alpha value is -3.38. The SMILES string of the molecule is O=C1N[C@]2(CCCc3ccccc32)C(=O)N1C[C@@H](O)COc1cccc2ccccc12.